The quantitative estimate of drug-likeness (QED) is 0.661. The minimum absolute atomic E-state index is 0.425. The second kappa shape index (κ2) is 5.98. The smallest absolute Gasteiger partial charge is 0.162 e. The molecule has 0 unspecified atom stereocenters. The van der Waals surface area contributed by atoms with Crippen LogP contribution in [0.1, 0.15) is 22.4 Å². The lowest BCUT2D eigenvalue weighted by Crippen LogP contribution is -2.11. The van der Waals surface area contributed by atoms with E-state index in [9.17, 15) is 0 Å². The number of rotatable bonds is 4. The molecule has 0 radical (unpaired) electrons. The predicted octanol–water partition coefficient (Wildman–Crippen LogP) is 2.50. The summed E-state index contributed by atoms with van der Waals surface area (Å²) in [5, 5.41) is 0. The second-order valence-electron chi connectivity index (χ2n) is 4.92. The van der Waals surface area contributed by atoms with Crippen LogP contribution in [0.25, 0.3) is 11.4 Å². The number of methoxy groups -OCH3 is 1. The maximum atomic E-state index is 5.48. The van der Waals surface area contributed by atoms with Crippen molar-refractivity contribution in [3.05, 3.63) is 40.6 Å². The summed E-state index contributed by atoms with van der Waals surface area (Å²) in [6.07, 6.45) is 0. The summed E-state index contributed by atoms with van der Waals surface area (Å²) < 4.78 is 5.14. The molecule has 20 heavy (non-hydrogen) atoms. The summed E-state index contributed by atoms with van der Waals surface area (Å²) >= 11 is 0. The average molecular weight is 272 g/mol. The number of hydrogen-bond acceptors (Lipinski definition) is 5. The van der Waals surface area contributed by atoms with Gasteiger partial charge in [0.2, 0.25) is 0 Å². The highest BCUT2D eigenvalue weighted by Crippen LogP contribution is 2.26. The van der Waals surface area contributed by atoms with Crippen LogP contribution in [0.15, 0.2) is 18.2 Å². The molecule has 0 spiro atoms. The zero-order valence-corrected chi connectivity index (χ0v) is 12.3. The summed E-state index contributed by atoms with van der Waals surface area (Å²) in [6.45, 7) is 6.64. The first kappa shape index (κ1) is 14.4. The first-order valence-corrected chi connectivity index (χ1v) is 6.47. The summed E-state index contributed by atoms with van der Waals surface area (Å²) in [5.74, 6) is 6.73. The molecule has 0 fully saturated rings. The van der Waals surface area contributed by atoms with Gasteiger partial charge in [-0.2, -0.15) is 0 Å². The van der Waals surface area contributed by atoms with Crippen molar-refractivity contribution in [3.8, 4) is 11.4 Å². The van der Waals surface area contributed by atoms with Crippen molar-refractivity contribution in [3.63, 3.8) is 0 Å². The summed E-state index contributed by atoms with van der Waals surface area (Å²) in [7, 11) is 1.64. The molecular formula is C15H20N4O. The number of aryl methyl sites for hydroxylation is 3. The van der Waals surface area contributed by atoms with Gasteiger partial charge in [-0.05, 0) is 31.9 Å². The van der Waals surface area contributed by atoms with Crippen LogP contribution in [0, 0.1) is 20.8 Å². The van der Waals surface area contributed by atoms with Crippen LogP contribution in [0.4, 0.5) is 5.82 Å². The summed E-state index contributed by atoms with van der Waals surface area (Å²) in [6, 6.07) is 6.04. The van der Waals surface area contributed by atoms with Gasteiger partial charge in [-0.15, -0.1) is 0 Å². The summed E-state index contributed by atoms with van der Waals surface area (Å²) in [5.41, 5.74) is 7.96. The molecule has 0 atom stereocenters. The van der Waals surface area contributed by atoms with Crippen LogP contribution >= 0.6 is 0 Å². The van der Waals surface area contributed by atoms with Crippen LogP contribution in [0.2, 0.25) is 0 Å². The number of hydrogen-bond donors (Lipinski definition) is 2. The zero-order valence-electron chi connectivity index (χ0n) is 12.3. The van der Waals surface area contributed by atoms with E-state index in [1.807, 2.05) is 0 Å². The largest absolute Gasteiger partial charge is 0.378 e. The first-order chi connectivity index (χ1) is 9.55. The third-order valence-electron chi connectivity index (χ3n) is 3.12. The normalized spacial score (nSPS) is 10.7. The van der Waals surface area contributed by atoms with Gasteiger partial charge in [-0.1, -0.05) is 17.7 Å². The van der Waals surface area contributed by atoms with Crippen LogP contribution < -0.4 is 11.3 Å². The highest BCUT2D eigenvalue weighted by molar-refractivity contribution is 5.66. The van der Waals surface area contributed by atoms with Crippen LogP contribution in [-0.4, -0.2) is 17.1 Å². The van der Waals surface area contributed by atoms with Crippen molar-refractivity contribution in [2.45, 2.75) is 27.4 Å². The Bertz CT molecular complexity index is 602. The fourth-order valence-corrected chi connectivity index (χ4v) is 2.44. The van der Waals surface area contributed by atoms with Gasteiger partial charge in [-0.3, -0.25) is 0 Å². The Morgan fingerprint density at radius 3 is 2.30 bits per heavy atom. The number of nitrogens with one attached hydrogen (secondary N) is 1. The molecule has 1 aromatic heterocycles. The molecule has 2 aromatic rings. The Hall–Kier alpha value is -1.98. The van der Waals surface area contributed by atoms with E-state index < -0.39 is 0 Å². The van der Waals surface area contributed by atoms with Crippen molar-refractivity contribution in [1.82, 2.24) is 9.97 Å². The number of aromatic nitrogens is 2. The number of ether oxygens (including phenoxy) is 1. The maximum Gasteiger partial charge on any atom is 0.162 e. The molecule has 1 aromatic carbocycles. The highest BCUT2D eigenvalue weighted by atomic mass is 16.5. The van der Waals surface area contributed by atoms with E-state index in [2.05, 4.69) is 48.3 Å². The fourth-order valence-electron chi connectivity index (χ4n) is 2.44. The Balaban J connectivity index is 2.60. The molecule has 0 saturated heterocycles. The van der Waals surface area contributed by atoms with E-state index in [0.717, 1.165) is 22.4 Å². The molecule has 2 rings (SSSR count). The molecule has 106 valence electrons. The zero-order chi connectivity index (χ0) is 14.7. The molecule has 0 bridgehead atoms. The molecule has 0 aliphatic heterocycles. The molecule has 0 aliphatic rings. The van der Waals surface area contributed by atoms with E-state index in [1.54, 1.807) is 13.2 Å². The minimum atomic E-state index is 0.425. The van der Waals surface area contributed by atoms with Crippen molar-refractivity contribution in [1.29, 1.82) is 0 Å². The monoisotopic (exact) mass is 272 g/mol. The van der Waals surface area contributed by atoms with Gasteiger partial charge < -0.3 is 10.2 Å². The molecule has 0 aliphatic carbocycles. The average Bonchev–Trinajstić information content (AvgIpc) is 2.37. The van der Waals surface area contributed by atoms with E-state index in [4.69, 9.17) is 10.6 Å². The van der Waals surface area contributed by atoms with Gasteiger partial charge in [0.1, 0.15) is 5.82 Å². The van der Waals surface area contributed by atoms with E-state index in [-0.39, 0.29) is 0 Å². The van der Waals surface area contributed by atoms with E-state index >= 15 is 0 Å². The molecule has 3 N–H and O–H groups in total. The van der Waals surface area contributed by atoms with Crippen molar-refractivity contribution in [2.75, 3.05) is 12.5 Å². The Morgan fingerprint density at radius 2 is 1.75 bits per heavy atom. The molecule has 5 heteroatoms. The number of nitrogens with zero attached hydrogens (tertiary/aromatic N) is 2. The van der Waals surface area contributed by atoms with Gasteiger partial charge in [-0.25, -0.2) is 15.8 Å². The molecule has 0 amide bonds. The second-order valence-corrected chi connectivity index (χ2v) is 4.92. The lowest BCUT2D eigenvalue weighted by Gasteiger charge is -2.12. The maximum absolute atomic E-state index is 5.48. The standard InChI is InChI=1S/C15H20N4O/c1-9-5-10(2)14(11(3)6-9)15-17-12(8-20-4)7-13(18-15)19-16/h5-7H,8,16H2,1-4H3,(H,17,18,19). The van der Waals surface area contributed by atoms with Crippen LogP contribution in [0.3, 0.4) is 0 Å². The number of nitrogen functional groups attached to an aromatic ring is 1. The molecule has 0 saturated carbocycles. The fraction of sp³-hybridized carbons (Fsp3) is 0.333. The third kappa shape index (κ3) is 2.95. The lowest BCUT2D eigenvalue weighted by molar-refractivity contribution is 0.181. The molecule has 1 heterocycles. The topological polar surface area (TPSA) is 73.1 Å². The summed E-state index contributed by atoms with van der Waals surface area (Å²) in [4.78, 5) is 9.01. The SMILES string of the molecule is COCc1cc(NN)nc(-c2c(C)cc(C)cc2C)n1. The number of hydrazine groups is 1. The van der Waals surface area contributed by atoms with Gasteiger partial charge in [0, 0.05) is 18.7 Å². The van der Waals surface area contributed by atoms with E-state index in [1.165, 1.54) is 5.56 Å². The van der Waals surface area contributed by atoms with Crippen LogP contribution in [0.5, 0.6) is 0 Å². The Labute approximate surface area is 119 Å². The Kier molecular flexibility index (Phi) is 4.32. The number of nitrogens with two attached hydrogens (primary N) is 1. The van der Waals surface area contributed by atoms with Crippen molar-refractivity contribution in [2.24, 2.45) is 5.84 Å². The van der Waals surface area contributed by atoms with Gasteiger partial charge in [0.25, 0.3) is 0 Å². The lowest BCUT2D eigenvalue weighted by atomic mass is 9.99. The number of benzene rings is 1. The first-order valence-electron chi connectivity index (χ1n) is 6.47. The van der Waals surface area contributed by atoms with Crippen molar-refractivity contribution >= 4 is 5.82 Å². The van der Waals surface area contributed by atoms with Gasteiger partial charge in [0.15, 0.2) is 5.82 Å². The highest BCUT2D eigenvalue weighted by Gasteiger charge is 2.12. The van der Waals surface area contributed by atoms with E-state index in [0.29, 0.717) is 18.2 Å². The minimum Gasteiger partial charge on any atom is -0.378 e. The molecular weight excluding hydrogens is 252 g/mol. The predicted molar refractivity (Wildman–Crippen MR) is 80.2 cm³/mol. The molecule has 5 nitrogen and oxygen atoms in total. The van der Waals surface area contributed by atoms with Gasteiger partial charge in [0.05, 0.1) is 12.3 Å². The van der Waals surface area contributed by atoms with Gasteiger partial charge >= 0.3 is 0 Å². The Morgan fingerprint density at radius 1 is 1.10 bits per heavy atom. The van der Waals surface area contributed by atoms with Crippen LogP contribution in [-0.2, 0) is 11.3 Å². The van der Waals surface area contributed by atoms with Crippen molar-refractivity contribution < 1.29 is 4.74 Å². The number of anilines is 1. The third-order valence-corrected chi connectivity index (χ3v) is 3.12.